The first-order chi connectivity index (χ1) is 13.7. The third kappa shape index (κ3) is 4.09. The number of hydrogen-bond donors (Lipinski definition) is 1. The quantitative estimate of drug-likeness (QED) is 0.874. The van der Waals surface area contributed by atoms with Gasteiger partial charge in [0, 0.05) is 18.8 Å². The zero-order valence-corrected chi connectivity index (χ0v) is 15.5. The van der Waals surface area contributed by atoms with Gasteiger partial charge in [0.05, 0.1) is 32.0 Å². The number of hydrogen-bond acceptors (Lipinski definition) is 5. The van der Waals surface area contributed by atoms with Crippen LogP contribution in [0.3, 0.4) is 0 Å². The van der Waals surface area contributed by atoms with E-state index in [2.05, 4.69) is 5.32 Å². The molecule has 0 saturated carbocycles. The third-order valence-corrected chi connectivity index (χ3v) is 4.85. The molecule has 2 heterocycles. The molecule has 1 N–H and O–H groups in total. The van der Waals surface area contributed by atoms with Crippen molar-refractivity contribution >= 4 is 23.2 Å². The van der Waals surface area contributed by atoms with Crippen LogP contribution >= 0.6 is 0 Å². The normalized spacial score (nSPS) is 18.8. The molecular weight excluding hydrogens is 358 g/mol. The van der Waals surface area contributed by atoms with Crippen molar-refractivity contribution in [1.82, 2.24) is 4.90 Å². The highest BCUT2D eigenvalue weighted by atomic mass is 16.5. The second-order valence-corrected chi connectivity index (χ2v) is 6.81. The molecule has 0 radical (unpaired) electrons. The lowest BCUT2D eigenvalue weighted by Gasteiger charge is -2.38. The number of carbonyl (C=O) groups is 2. The Morgan fingerprint density at radius 1 is 1.00 bits per heavy atom. The van der Waals surface area contributed by atoms with Gasteiger partial charge in [-0.3, -0.25) is 9.59 Å². The van der Waals surface area contributed by atoms with Crippen LogP contribution in [0.5, 0.6) is 5.75 Å². The number of ether oxygens (including phenoxy) is 2. The second-order valence-electron chi connectivity index (χ2n) is 6.81. The van der Waals surface area contributed by atoms with Gasteiger partial charge in [0.2, 0.25) is 5.91 Å². The molecule has 0 bridgehead atoms. The number of carbonyl (C=O) groups excluding carboxylic acids is 2. The fraction of sp³-hybridized carbons (Fsp3) is 0.333. The maximum atomic E-state index is 12.9. The van der Waals surface area contributed by atoms with Gasteiger partial charge in [-0.15, -0.1) is 0 Å². The fourth-order valence-electron chi connectivity index (χ4n) is 3.47. The summed E-state index contributed by atoms with van der Waals surface area (Å²) in [6.07, 6.45) is -0.641. The zero-order valence-electron chi connectivity index (χ0n) is 15.5. The SMILES string of the molecule is O=C(CN1C[C@H](C(=O)N2CCOCC2)Oc2ccccc21)Nc1ccccc1. The van der Waals surface area contributed by atoms with Crippen molar-refractivity contribution < 1.29 is 19.1 Å². The molecule has 0 aliphatic carbocycles. The van der Waals surface area contributed by atoms with Crippen molar-refractivity contribution in [1.29, 1.82) is 0 Å². The first-order valence-electron chi connectivity index (χ1n) is 9.43. The molecule has 146 valence electrons. The van der Waals surface area contributed by atoms with Crippen LogP contribution in [0.4, 0.5) is 11.4 Å². The van der Waals surface area contributed by atoms with Crippen molar-refractivity contribution in [3.05, 3.63) is 54.6 Å². The van der Waals surface area contributed by atoms with E-state index >= 15 is 0 Å². The number of para-hydroxylation sites is 3. The minimum absolute atomic E-state index is 0.0636. The molecule has 1 fully saturated rings. The lowest BCUT2D eigenvalue weighted by Crippen LogP contribution is -2.53. The number of morpholine rings is 1. The standard InChI is InChI=1S/C21H23N3O4/c25-20(22-16-6-2-1-3-7-16)15-24-14-19(21(26)23-10-12-27-13-11-23)28-18-9-5-4-8-17(18)24/h1-9,19H,10-15H2,(H,22,25)/t19-/m1/s1. The fourth-order valence-corrected chi connectivity index (χ4v) is 3.47. The van der Waals surface area contributed by atoms with Crippen molar-refractivity contribution in [2.75, 3.05) is 49.6 Å². The second kappa shape index (κ2) is 8.31. The zero-order chi connectivity index (χ0) is 19.3. The minimum atomic E-state index is -0.641. The number of nitrogens with zero attached hydrogens (tertiary/aromatic N) is 2. The molecule has 2 aromatic rings. The van der Waals surface area contributed by atoms with Crippen LogP contribution in [0.15, 0.2) is 54.6 Å². The van der Waals surface area contributed by atoms with E-state index < -0.39 is 6.10 Å². The summed E-state index contributed by atoms with van der Waals surface area (Å²) < 4.78 is 11.3. The summed E-state index contributed by atoms with van der Waals surface area (Å²) in [5, 5.41) is 2.89. The maximum Gasteiger partial charge on any atom is 0.265 e. The van der Waals surface area contributed by atoms with Gasteiger partial charge in [-0.25, -0.2) is 0 Å². The van der Waals surface area contributed by atoms with Gasteiger partial charge in [0.1, 0.15) is 5.75 Å². The highest BCUT2D eigenvalue weighted by Crippen LogP contribution is 2.33. The molecule has 2 aromatic carbocycles. The predicted molar refractivity (Wildman–Crippen MR) is 106 cm³/mol. The molecule has 0 aromatic heterocycles. The van der Waals surface area contributed by atoms with Crippen LogP contribution in [-0.4, -0.2) is 62.2 Å². The molecule has 2 aliphatic heterocycles. The number of benzene rings is 2. The van der Waals surface area contributed by atoms with E-state index in [0.29, 0.717) is 38.6 Å². The average Bonchev–Trinajstić information content (AvgIpc) is 2.74. The van der Waals surface area contributed by atoms with Crippen molar-refractivity contribution in [3.63, 3.8) is 0 Å². The number of fused-ring (bicyclic) bond motifs is 1. The van der Waals surface area contributed by atoms with Crippen LogP contribution in [0.1, 0.15) is 0 Å². The van der Waals surface area contributed by atoms with Crippen molar-refractivity contribution in [3.8, 4) is 5.75 Å². The van der Waals surface area contributed by atoms with Crippen LogP contribution in [0.25, 0.3) is 0 Å². The summed E-state index contributed by atoms with van der Waals surface area (Å²) in [5.41, 5.74) is 1.56. The Bertz CT molecular complexity index is 837. The van der Waals surface area contributed by atoms with Gasteiger partial charge in [-0.05, 0) is 24.3 Å². The van der Waals surface area contributed by atoms with E-state index in [1.165, 1.54) is 0 Å². The Kier molecular flexibility index (Phi) is 5.43. The van der Waals surface area contributed by atoms with Gasteiger partial charge >= 0.3 is 0 Å². The lowest BCUT2D eigenvalue weighted by atomic mass is 10.1. The highest BCUT2D eigenvalue weighted by molar-refractivity contribution is 5.95. The van der Waals surface area contributed by atoms with Crippen molar-refractivity contribution in [2.45, 2.75) is 6.10 Å². The van der Waals surface area contributed by atoms with E-state index in [9.17, 15) is 9.59 Å². The van der Waals surface area contributed by atoms with Gasteiger partial charge in [-0.1, -0.05) is 30.3 Å². The average molecular weight is 381 g/mol. The van der Waals surface area contributed by atoms with Crippen LogP contribution < -0.4 is 15.0 Å². The number of anilines is 2. The first-order valence-corrected chi connectivity index (χ1v) is 9.43. The van der Waals surface area contributed by atoms with Crippen molar-refractivity contribution in [2.24, 2.45) is 0 Å². The number of rotatable bonds is 4. The molecule has 28 heavy (non-hydrogen) atoms. The summed E-state index contributed by atoms with van der Waals surface area (Å²) in [6.45, 7) is 2.68. The van der Waals surface area contributed by atoms with Gasteiger partial charge < -0.3 is 24.6 Å². The topological polar surface area (TPSA) is 71.1 Å². The Hall–Kier alpha value is -3.06. The molecule has 4 rings (SSSR count). The largest absolute Gasteiger partial charge is 0.477 e. The molecule has 1 atom stereocenters. The lowest BCUT2D eigenvalue weighted by molar-refractivity contribution is -0.142. The van der Waals surface area contributed by atoms with E-state index in [4.69, 9.17) is 9.47 Å². The van der Waals surface area contributed by atoms with Gasteiger partial charge in [0.25, 0.3) is 5.91 Å². The molecule has 2 amide bonds. The molecular formula is C21H23N3O4. The number of amides is 2. The van der Waals surface area contributed by atoms with Crippen LogP contribution in [0.2, 0.25) is 0 Å². The molecule has 7 nitrogen and oxygen atoms in total. The third-order valence-electron chi connectivity index (χ3n) is 4.85. The Balaban J connectivity index is 1.48. The van der Waals surface area contributed by atoms with E-state index in [0.717, 1.165) is 11.4 Å². The summed E-state index contributed by atoms with van der Waals surface area (Å²) in [4.78, 5) is 29.1. The molecule has 0 unspecified atom stereocenters. The Morgan fingerprint density at radius 2 is 1.71 bits per heavy atom. The summed E-state index contributed by atoms with van der Waals surface area (Å²) in [6, 6.07) is 16.8. The smallest absolute Gasteiger partial charge is 0.265 e. The van der Waals surface area contributed by atoms with Gasteiger partial charge in [0.15, 0.2) is 6.10 Å². The van der Waals surface area contributed by atoms with Crippen LogP contribution in [0, 0.1) is 0 Å². The Morgan fingerprint density at radius 3 is 2.50 bits per heavy atom. The van der Waals surface area contributed by atoms with Gasteiger partial charge in [-0.2, -0.15) is 0 Å². The summed E-state index contributed by atoms with van der Waals surface area (Å²) >= 11 is 0. The van der Waals surface area contributed by atoms with E-state index in [1.54, 1.807) is 4.90 Å². The monoisotopic (exact) mass is 381 g/mol. The van der Waals surface area contributed by atoms with Crippen LogP contribution in [-0.2, 0) is 14.3 Å². The summed E-state index contributed by atoms with van der Waals surface area (Å²) in [5.74, 6) is 0.416. The predicted octanol–water partition coefficient (Wildman–Crippen LogP) is 1.75. The highest BCUT2D eigenvalue weighted by Gasteiger charge is 2.34. The maximum absolute atomic E-state index is 12.9. The molecule has 1 saturated heterocycles. The van der Waals surface area contributed by atoms with E-state index in [1.807, 2.05) is 59.5 Å². The molecule has 0 spiro atoms. The Labute approximate surface area is 163 Å². The minimum Gasteiger partial charge on any atom is -0.477 e. The summed E-state index contributed by atoms with van der Waals surface area (Å²) in [7, 11) is 0. The molecule has 2 aliphatic rings. The molecule has 7 heteroatoms. The number of nitrogens with one attached hydrogen (secondary N) is 1. The van der Waals surface area contributed by atoms with E-state index in [-0.39, 0.29) is 18.4 Å². The first kappa shape index (κ1) is 18.3.